The molecule has 0 amide bonds. The lowest BCUT2D eigenvalue weighted by molar-refractivity contribution is -0.385. The van der Waals surface area contributed by atoms with Crippen molar-refractivity contribution in [3.8, 4) is 5.75 Å². The van der Waals surface area contributed by atoms with Crippen molar-refractivity contribution in [3.05, 3.63) is 52.3 Å². The summed E-state index contributed by atoms with van der Waals surface area (Å²) in [5.41, 5.74) is 0.734. The van der Waals surface area contributed by atoms with Crippen LogP contribution < -0.4 is 15.0 Å². The number of nitro groups is 1. The molecule has 1 aliphatic heterocycles. The van der Waals surface area contributed by atoms with Crippen molar-refractivity contribution in [2.45, 2.75) is 6.54 Å². The number of benzene rings is 1. The SMILES string of the molecule is CN=C(NCc1ccc(OC)c([N+](=O)[O-])c1)N1CCN(c2ncccn2)CC1. The number of ether oxygens (including phenoxy) is 1. The molecule has 3 rings (SSSR count). The van der Waals surface area contributed by atoms with Crippen molar-refractivity contribution in [2.75, 3.05) is 45.2 Å². The summed E-state index contributed by atoms with van der Waals surface area (Å²) < 4.78 is 5.04. The molecule has 148 valence electrons. The first-order valence-electron chi connectivity index (χ1n) is 8.91. The van der Waals surface area contributed by atoms with E-state index in [0.29, 0.717) is 6.54 Å². The third-order valence-corrected chi connectivity index (χ3v) is 4.52. The number of nitro benzene ring substituents is 1. The van der Waals surface area contributed by atoms with Crippen LogP contribution in [0.5, 0.6) is 5.75 Å². The van der Waals surface area contributed by atoms with Crippen LogP contribution in [0.2, 0.25) is 0 Å². The van der Waals surface area contributed by atoms with Gasteiger partial charge < -0.3 is 19.9 Å². The van der Waals surface area contributed by atoms with Crippen LogP contribution in [0.3, 0.4) is 0 Å². The van der Waals surface area contributed by atoms with Crippen molar-refractivity contribution >= 4 is 17.6 Å². The molecule has 10 nitrogen and oxygen atoms in total. The van der Waals surface area contributed by atoms with E-state index in [1.165, 1.54) is 13.2 Å². The molecular weight excluding hydrogens is 362 g/mol. The van der Waals surface area contributed by atoms with Gasteiger partial charge >= 0.3 is 5.69 Å². The first-order chi connectivity index (χ1) is 13.6. The van der Waals surface area contributed by atoms with Gasteiger partial charge in [-0.3, -0.25) is 15.1 Å². The Morgan fingerprint density at radius 2 is 2.00 bits per heavy atom. The number of aliphatic imine (C=N–C) groups is 1. The van der Waals surface area contributed by atoms with Gasteiger partial charge in [0, 0.05) is 58.2 Å². The fourth-order valence-electron chi connectivity index (χ4n) is 3.07. The van der Waals surface area contributed by atoms with Crippen molar-refractivity contribution in [1.82, 2.24) is 20.2 Å². The standard InChI is InChI=1S/C18H23N7O3/c1-19-17(22-13-14-4-5-16(28-2)15(12-14)25(26)27)23-8-10-24(11-9-23)18-20-6-3-7-21-18/h3-7,12H,8-11,13H2,1-2H3,(H,19,22). The first kappa shape index (κ1) is 19.3. The number of guanidine groups is 1. The van der Waals surface area contributed by atoms with Crippen LogP contribution in [-0.2, 0) is 6.54 Å². The maximum absolute atomic E-state index is 11.2. The molecular formula is C18H23N7O3. The zero-order chi connectivity index (χ0) is 19.9. The van der Waals surface area contributed by atoms with Crippen LogP contribution in [0, 0.1) is 10.1 Å². The minimum absolute atomic E-state index is 0.0479. The fraction of sp³-hybridized carbons (Fsp3) is 0.389. The Bertz CT molecular complexity index is 836. The van der Waals surface area contributed by atoms with E-state index >= 15 is 0 Å². The van der Waals surface area contributed by atoms with Gasteiger partial charge in [0.2, 0.25) is 5.95 Å². The number of aromatic nitrogens is 2. The Balaban J connectivity index is 1.58. The first-order valence-corrected chi connectivity index (χ1v) is 8.91. The van der Waals surface area contributed by atoms with E-state index in [4.69, 9.17) is 4.74 Å². The molecule has 1 fully saturated rings. The smallest absolute Gasteiger partial charge is 0.311 e. The number of piperazine rings is 1. The number of nitrogens with one attached hydrogen (secondary N) is 1. The van der Waals surface area contributed by atoms with Crippen LogP contribution in [0.15, 0.2) is 41.7 Å². The summed E-state index contributed by atoms with van der Waals surface area (Å²) in [6.45, 7) is 3.57. The molecule has 28 heavy (non-hydrogen) atoms. The molecule has 1 aromatic carbocycles. The summed E-state index contributed by atoms with van der Waals surface area (Å²) in [5.74, 6) is 1.74. The normalized spacial score (nSPS) is 14.7. The molecule has 0 radical (unpaired) electrons. The summed E-state index contributed by atoms with van der Waals surface area (Å²) in [7, 11) is 3.15. The monoisotopic (exact) mass is 385 g/mol. The Kier molecular flexibility index (Phi) is 6.20. The van der Waals surface area contributed by atoms with Crippen LogP contribution in [0.1, 0.15) is 5.56 Å². The highest BCUT2D eigenvalue weighted by atomic mass is 16.6. The molecule has 2 heterocycles. The van der Waals surface area contributed by atoms with Gasteiger partial charge in [0.05, 0.1) is 12.0 Å². The van der Waals surface area contributed by atoms with Crippen LogP contribution in [0.4, 0.5) is 11.6 Å². The van der Waals surface area contributed by atoms with Gasteiger partial charge in [-0.2, -0.15) is 0 Å². The second-order valence-electron chi connectivity index (χ2n) is 6.19. The molecule has 1 N–H and O–H groups in total. The highest BCUT2D eigenvalue weighted by molar-refractivity contribution is 5.80. The number of rotatable bonds is 5. The maximum atomic E-state index is 11.2. The molecule has 0 spiro atoms. The van der Waals surface area contributed by atoms with E-state index in [1.54, 1.807) is 37.6 Å². The summed E-state index contributed by atoms with van der Waals surface area (Å²) in [4.78, 5) is 27.9. The van der Waals surface area contributed by atoms with Crippen LogP contribution in [0.25, 0.3) is 0 Å². The van der Waals surface area contributed by atoms with E-state index < -0.39 is 4.92 Å². The molecule has 1 saturated heterocycles. The molecule has 0 atom stereocenters. The predicted molar refractivity (Wildman–Crippen MR) is 106 cm³/mol. The van der Waals surface area contributed by atoms with Gasteiger partial charge in [0.15, 0.2) is 11.7 Å². The fourth-order valence-corrected chi connectivity index (χ4v) is 3.07. The summed E-state index contributed by atoms with van der Waals surface area (Å²) >= 11 is 0. The van der Waals surface area contributed by atoms with Gasteiger partial charge in [-0.05, 0) is 17.7 Å². The molecule has 0 bridgehead atoms. The Labute approximate surface area is 163 Å². The van der Waals surface area contributed by atoms with Gasteiger partial charge in [-0.1, -0.05) is 6.07 Å². The van der Waals surface area contributed by atoms with Gasteiger partial charge in [0.1, 0.15) is 0 Å². The third-order valence-electron chi connectivity index (χ3n) is 4.52. The number of hydrogen-bond donors (Lipinski definition) is 1. The van der Waals surface area contributed by atoms with Crippen LogP contribution >= 0.6 is 0 Å². The lowest BCUT2D eigenvalue weighted by atomic mass is 10.2. The van der Waals surface area contributed by atoms with Gasteiger partial charge in [-0.25, -0.2) is 9.97 Å². The molecule has 2 aromatic rings. The van der Waals surface area contributed by atoms with E-state index in [1.807, 2.05) is 0 Å². The average Bonchev–Trinajstić information content (AvgIpc) is 2.75. The molecule has 0 aliphatic carbocycles. The average molecular weight is 385 g/mol. The molecule has 0 unspecified atom stereocenters. The van der Waals surface area contributed by atoms with Crippen molar-refractivity contribution in [3.63, 3.8) is 0 Å². The lowest BCUT2D eigenvalue weighted by Crippen LogP contribution is -2.52. The molecule has 1 aliphatic rings. The largest absolute Gasteiger partial charge is 0.490 e. The number of nitrogens with zero attached hydrogens (tertiary/aromatic N) is 6. The summed E-state index contributed by atoms with van der Waals surface area (Å²) in [6, 6.07) is 6.73. The number of methoxy groups -OCH3 is 1. The summed E-state index contributed by atoms with van der Waals surface area (Å²) in [6.07, 6.45) is 3.48. The quantitative estimate of drug-likeness (QED) is 0.355. The third kappa shape index (κ3) is 4.45. The maximum Gasteiger partial charge on any atom is 0.311 e. The second-order valence-corrected chi connectivity index (χ2v) is 6.19. The Hall–Kier alpha value is -3.43. The highest BCUT2D eigenvalue weighted by Gasteiger charge is 2.21. The van der Waals surface area contributed by atoms with Gasteiger partial charge in [0.25, 0.3) is 0 Å². The van der Waals surface area contributed by atoms with Crippen molar-refractivity contribution in [1.29, 1.82) is 0 Å². The number of anilines is 1. The van der Waals surface area contributed by atoms with E-state index in [-0.39, 0.29) is 11.4 Å². The minimum atomic E-state index is -0.442. The topological polar surface area (TPSA) is 109 Å². The van der Waals surface area contributed by atoms with Gasteiger partial charge in [-0.15, -0.1) is 0 Å². The second kappa shape index (κ2) is 8.98. The van der Waals surface area contributed by atoms with Crippen molar-refractivity contribution < 1.29 is 9.66 Å². The van der Waals surface area contributed by atoms with E-state index in [9.17, 15) is 10.1 Å². The minimum Gasteiger partial charge on any atom is -0.490 e. The Morgan fingerprint density at radius 3 is 2.61 bits per heavy atom. The highest BCUT2D eigenvalue weighted by Crippen LogP contribution is 2.27. The van der Waals surface area contributed by atoms with Crippen LogP contribution in [-0.4, -0.2) is 66.1 Å². The van der Waals surface area contributed by atoms with Crippen molar-refractivity contribution in [2.24, 2.45) is 4.99 Å². The number of hydrogen-bond acceptors (Lipinski definition) is 7. The summed E-state index contributed by atoms with van der Waals surface area (Å²) in [5, 5.41) is 14.5. The Morgan fingerprint density at radius 1 is 1.29 bits per heavy atom. The predicted octanol–water partition coefficient (Wildman–Crippen LogP) is 1.29. The zero-order valence-corrected chi connectivity index (χ0v) is 15.9. The lowest BCUT2D eigenvalue weighted by Gasteiger charge is -2.36. The molecule has 10 heteroatoms. The molecule has 0 saturated carbocycles. The molecule has 1 aromatic heterocycles. The zero-order valence-electron chi connectivity index (χ0n) is 15.9. The van der Waals surface area contributed by atoms with E-state index in [2.05, 4.69) is 30.1 Å². The van der Waals surface area contributed by atoms with E-state index in [0.717, 1.165) is 43.7 Å².